The van der Waals surface area contributed by atoms with Crippen molar-refractivity contribution in [2.75, 3.05) is 35.2 Å². The van der Waals surface area contributed by atoms with E-state index in [1.807, 2.05) is 63.2 Å². The molecule has 0 aromatic heterocycles. The molecular weight excluding hydrogens is 1120 g/mol. The van der Waals surface area contributed by atoms with Crippen LogP contribution in [0.2, 0.25) is 0 Å². The van der Waals surface area contributed by atoms with Crippen LogP contribution in [0.4, 0.5) is 11.4 Å². The van der Waals surface area contributed by atoms with Crippen LogP contribution in [0.1, 0.15) is 178 Å². The molecule has 0 unspecified atom stereocenters. The first-order valence-corrected chi connectivity index (χ1v) is 31.4. The summed E-state index contributed by atoms with van der Waals surface area (Å²) in [4.78, 5) is 67.9. The van der Waals surface area contributed by atoms with E-state index >= 15 is 0 Å². The highest BCUT2D eigenvalue weighted by atomic mass is 32.2. The molecule has 2 aliphatic rings. The van der Waals surface area contributed by atoms with Gasteiger partial charge in [0.25, 0.3) is 20.2 Å². The first kappa shape index (κ1) is 68.4. The normalized spacial score (nSPS) is 15.1. The number of ketones is 4. The Labute approximate surface area is 458 Å². The summed E-state index contributed by atoms with van der Waals surface area (Å²) in [6.45, 7) is 11.8. The van der Waals surface area contributed by atoms with Gasteiger partial charge in [-0.25, -0.2) is 8.42 Å². The molecular formula is C50H66N2O21S5. The summed E-state index contributed by atoms with van der Waals surface area (Å²) in [5.74, 6) is -4.21. The molecule has 2 heterocycles. The number of unbranched alkanes of at least 4 members (excludes halogenated alkanes) is 2. The van der Waals surface area contributed by atoms with Crippen molar-refractivity contribution in [3.63, 3.8) is 0 Å². The van der Waals surface area contributed by atoms with Crippen LogP contribution in [0.3, 0.4) is 0 Å². The Morgan fingerprint density at radius 2 is 1.09 bits per heavy atom. The number of carbonyl (C=O) groups is 5. The van der Waals surface area contributed by atoms with Gasteiger partial charge in [0.05, 0.1) is 32.6 Å². The second-order valence-corrected chi connectivity index (χ2v) is 24.8. The first-order valence-electron chi connectivity index (χ1n) is 24.6. The lowest BCUT2D eigenvalue weighted by Gasteiger charge is -2.27. The summed E-state index contributed by atoms with van der Waals surface area (Å²) in [7, 11) is -19.5. The third kappa shape index (κ3) is 21.5. The summed E-state index contributed by atoms with van der Waals surface area (Å²) in [6.07, 6.45) is 10.9. The highest BCUT2D eigenvalue weighted by Gasteiger charge is 2.48. The standard InChI is InChI=1S/C50H66N2O15S3.2O3S/c1-7-18-40(53)34-30-36(42(55)19-8-2)47-39(32-34)52(26-17-29-70(65,66)67)45(50(47,5)6)23-12-9-11-22-44-49(3,4)48-37(43(56)21-16-28-69(62,63)64)31-35(41(54)20-15-27-68(59,60)61)33-38(48)51(44)25-14-10-13-24-46(57)58;2*1-4(2)3/h9,11-12,22-23,30-33H,7-8,10,13-21,24-29H2,1-6H3,(H3-,57,58,59,60,61,62,63,64,65,66,67);;. The Morgan fingerprint density at radius 3 is 1.60 bits per heavy atom. The van der Waals surface area contributed by atoms with Crippen LogP contribution in [0.15, 0.2) is 60.3 Å². The van der Waals surface area contributed by atoms with E-state index in [1.165, 1.54) is 6.07 Å². The van der Waals surface area contributed by atoms with Crippen molar-refractivity contribution in [1.29, 1.82) is 0 Å². The first-order chi connectivity index (χ1) is 36.0. The molecule has 0 spiro atoms. The van der Waals surface area contributed by atoms with Crippen molar-refractivity contribution in [2.45, 2.75) is 136 Å². The van der Waals surface area contributed by atoms with Gasteiger partial charge in [-0.15, -0.1) is 25.3 Å². The van der Waals surface area contributed by atoms with Gasteiger partial charge in [0.1, 0.15) is 6.54 Å². The molecule has 3 N–H and O–H groups in total. The second-order valence-electron chi connectivity index (χ2n) is 19.3. The number of carbonyl (C=O) groups excluding carboxylic acids is 4. The summed E-state index contributed by atoms with van der Waals surface area (Å²) in [6, 6.07) is 6.38. The van der Waals surface area contributed by atoms with E-state index in [2.05, 4.69) is 0 Å². The monoisotopic (exact) mass is 1190 g/mol. The number of hydrogen-bond donors (Lipinski definition) is 3. The summed E-state index contributed by atoms with van der Waals surface area (Å²) >= 11 is 0. The van der Waals surface area contributed by atoms with Gasteiger partial charge in [-0.3, -0.25) is 33.1 Å². The lowest BCUT2D eigenvalue weighted by atomic mass is 9.77. The van der Waals surface area contributed by atoms with Gasteiger partial charge in [-0.05, 0) is 88.6 Å². The number of hydrogen-bond acceptors (Lipinski definition) is 19. The van der Waals surface area contributed by atoms with Crippen LogP contribution in [0.5, 0.6) is 0 Å². The largest absolute Gasteiger partial charge is 0.748 e. The molecule has 0 amide bonds. The van der Waals surface area contributed by atoms with E-state index in [4.69, 9.17) is 25.3 Å². The highest BCUT2D eigenvalue weighted by molar-refractivity contribution is 7.86. The minimum absolute atomic E-state index is 0.0311. The molecule has 78 heavy (non-hydrogen) atoms. The molecule has 0 radical (unpaired) electrons. The van der Waals surface area contributed by atoms with Gasteiger partial charge in [0.15, 0.2) is 28.8 Å². The molecule has 2 aromatic rings. The topological polar surface area (TPSA) is 380 Å². The average Bonchev–Trinajstić information content (AvgIpc) is 3.64. The molecule has 23 nitrogen and oxygen atoms in total. The van der Waals surface area contributed by atoms with Crippen LogP contribution in [0, 0.1) is 0 Å². The zero-order valence-corrected chi connectivity index (χ0v) is 48.1. The van der Waals surface area contributed by atoms with Crippen molar-refractivity contribution >= 4 is 97.8 Å². The summed E-state index contributed by atoms with van der Waals surface area (Å²) < 4.78 is 152. The van der Waals surface area contributed by atoms with Crippen LogP contribution >= 0.6 is 0 Å². The molecule has 2 aromatic carbocycles. The van der Waals surface area contributed by atoms with Crippen LogP contribution in [-0.2, 0) is 67.2 Å². The molecule has 0 saturated heterocycles. The number of anilines is 1. The predicted octanol–water partition coefficient (Wildman–Crippen LogP) is 6.10. The van der Waals surface area contributed by atoms with E-state index in [1.54, 1.807) is 36.4 Å². The fourth-order valence-electron chi connectivity index (χ4n) is 9.35. The Bertz CT molecular complexity index is 3280. The smallest absolute Gasteiger partial charge is 0.425 e. The van der Waals surface area contributed by atoms with Crippen molar-refractivity contribution in [2.24, 2.45) is 0 Å². The van der Waals surface area contributed by atoms with E-state index in [-0.39, 0.29) is 80.6 Å². The number of Topliss-reactive ketones (excluding diaryl/α,β-unsaturated/α-hetero) is 4. The van der Waals surface area contributed by atoms with Gasteiger partial charge < -0.3 is 14.6 Å². The number of carboxylic acids is 1. The molecule has 0 atom stereocenters. The minimum Gasteiger partial charge on any atom is -0.748 e. The number of rotatable bonds is 29. The fourth-order valence-corrected chi connectivity index (χ4v) is 10.8. The van der Waals surface area contributed by atoms with Crippen LogP contribution in [-0.4, -0.2) is 139 Å². The quantitative estimate of drug-likeness (QED) is 0.0272. The fraction of sp³-hybridized carbons (Fsp3) is 0.520. The van der Waals surface area contributed by atoms with Crippen molar-refractivity contribution < 1.29 is 97.8 Å². The maximum absolute atomic E-state index is 14.0. The third-order valence-corrected chi connectivity index (χ3v) is 14.9. The van der Waals surface area contributed by atoms with Crippen molar-refractivity contribution in [1.82, 2.24) is 0 Å². The zero-order valence-electron chi connectivity index (χ0n) is 44.0. The summed E-state index contributed by atoms with van der Waals surface area (Å²) in [5.41, 5.74) is 2.81. The molecule has 0 saturated carbocycles. The molecule has 2 aliphatic heterocycles. The molecule has 28 heteroatoms. The van der Waals surface area contributed by atoms with Crippen molar-refractivity contribution in [3.05, 3.63) is 93.7 Å². The van der Waals surface area contributed by atoms with Gasteiger partial charge >= 0.3 is 27.2 Å². The Morgan fingerprint density at radius 1 is 0.603 bits per heavy atom. The number of carboxylic acid groups (broad SMARTS) is 1. The number of allylic oxidation sites excluding steroid dienone is 6. The highest BCUT2D eigenvalue weighted by Crippen LogP contribution is 2.50. The average molecular weight is 1190 g/mol. The number of benzene rings is 2. The van der Waals surface area contributed by atoms with E-state index in [0.29, 0.717) is 83.7 Å². The maximum Gasteiger partial charge on any atom is 0.425 e. The molecule has 0 fully saturated rings. The van der Waals surface area contributed by atoms with Crippen LogP contribution in [0.25, 0.3) is 0 Å². The van der Waals surface area contributed by atoms with Gasteiger partial charge in [-0.2, -0.15) is 21.4 Å². The molecule has 0 aliphatic carbocycles. The SMILES string of the molecule is CCCC(=O)c1cc(C(=O)CCC)c2c(c1)N(CCCS(=O)(=O)[O-])C(=CC=CC=CC1=[N+](CCCCCC(=O)O)c3cc(C(=O)CCCS(=O)(=O)O)cc(C(=O)CCCS(=O)(=O)O)c3C1(C)C)C2(C)C.O=S(=O)=O.O=S(=O)=O. The van der Waals surface area contributed by atoms with E-state index < -0.39 is 97.2 Å². The lowest BCUT2D eigenvalue weighted by molar-refractivity contribution is -0.438. The Kier molecular flexibility index (Phi) is 26.3. The molecule has 4 rings (SSSR count). The number of nitrogens with zero attached hydrogens (tertiary/aromatic N) is 2. The minimum atomic E-state index is -4.56. The Balaban J connectivity index is 0.00000242. The van der Waals surface area contributed by atoms with E-state index in [9.17, 15) is 68.0 Å². The number of aliphatic carboxylic acids is 1. The molecule has 432 valence electrons. The molecule has 0 bridgehead atoms. The third-order valence-electron chi connectivity index (χ3n) is 12.5. The summed E-state index contributed by atoms with van der Waals surface area (Å²) in [5, 5.41) is 9.26. The lowest BCUT2D eigenvalue weighted by Crippen LogP contribution is -2.29. The zero-order chi connectivity index (χ0) is 59.6. The number of fused-ring (bicyclic) bond motifs is 2. The van der Waals surface area contributed by atoms with E-state index in [0.717, 1.165) is 0 Å². The van der Waals surface area contributed by atoms with Gasteiger partial charge in [0.2, 0.25) is 5.69 Å². The maximum atomic E-state index is 14.0. The van der Waals surface area contributed by atoms with Gasteiger partial charge in [0, 0.05) is 102 Å². The second kappa shape index (κ2) is 30.0. The van der Waals surface area contributed by atoms with Gasteiger partial charge in [-0.1, -0.05) is 45.9 Å². The predicted molar refractivity (Wildman–Crippen MR) is 286 cm³/mol. The van der Waals surface area contributed by atoms with Crippen LogP contribution < -0.4 is 4.90 Å². The van der Waals surface area contributed by atoms with Crippen molar-refractivity contribution in [3.8, 4) is 0 Å². The Hall–Kier alpha value is -5.75.